The molecule has 2 unspecified atom stereocenters. The van der Waals surface area contributed by atoms with Crippen LogP contribution >= 0.6 is 11.3 Å². The van der Waals surface area contributed by atoms with Crippen molar-refractivity contribution in [2.45, 2.75) is 19.8 Å². The first-order chi connectivity index (χ1) is 11.1. The molecule has 6 heteroatoms. The Hall–Kier alpha value is -2.21. The number of carbonyl (C=O) groups is 2. The molecule has 2 amide bonds. The maximum Gasteiger partial charge on any atom is 0.226 e. The van der Waals surface area contributed by atoms with Gasteiger partial charge in [0.2, 0.25) is 11.8 Å². The lowest BCUT2D eigenvalue weighted by Crippen LogP contribution is -2.29. The highest BCUT2D eigenvalue weighted by Crippen LogP contribution is 2.37. The molecule has 0 aliphatic heterocycles. The van der Waals surface area contributed by atoms with Gasteiger partial charge in [-0.25, -0.2) is 4.98 Å². The monoisotopic (exact) mass is 329 g/mol. The Labute approximate surface area is 139 Å². The van der Waals surface area contributed by atoms with Crippen molar-refractivity contribution in [2.24, 2.45) is 11.8 Å². The van der Waals surface area contributed by atoms with Crippen LogP contribution in [0.5, 0.6) is 0 Å². The van der Waals surface area contributed by atoms with Gasteiger partial charge in [-0.1, -0.05) is 19.1 Å². The van der Waals surface area contributed by atoms with Gasteiger partial charge in [-0.3, -0.25) is 9.59 Å². The van der Waals surface area contributed by atoms with E-state index in [0.29, 0.717) is 12.5 Å². The third-order valence-corrected chi connectivity index (χ3v) is 4.75. The van der Waals surface area contributed by atoms with E-state index in [9.17, 15) is 9.59 Å². The van der Waals surface area contributed by atoms with Gasteiger partial charge >= 0.3 is 0 Å². The Morgan fingerprint density at radius 2 is 2.22 bits per heavy atom. The van der Waals surface area contributed by atoms with Crippen LogP contribution in [0.4, 0.5) is 5.69 Å². The molecule has 1 fully saturated rings. The molecule has 1 aromatic heterocycles. The standard InChI is InChI=1S/C17H19N3O2S/c1-11-9-14(11)16(22)18-6-5-15(21)20-13-4-2-3-12(10-13)17-19-7-8-23-17/h2-4,7-8,10-11,14H,5-6,9H2,1H3,(H,18,22)(H,20,21). The van der Waals surface area contributed by atoms with E-state index >= 15 is 0 Å². The summed E-state index contributed by atoms with van der Waals surface area (Å²) in [6.45, 7) is 2.44. The molecule has 23 heavy (non-hydrogen) atoms. The van der Waals surface area contributed by atoms with Crippen LogP contribution < -0.4 is 10.6 Å². The summed E-state index contributed by atoms with van der Waals surface area (Å²) in [5.41, 5.74) is 1.72. The topological polar surface area (TPSA) is 71.1 Å². The van der Waals surface area contributed by atoms with Gasteiger partial charge in [0.05, 0.1) is 0 Å². The summed E-state index contributed by atoms with van der Waals surface area (Å²) in [4.78, 5) is 27.9. The molecule has 3 rings (SSSR count). The lowest BCUT2D eigenvalue weighted by Gasteiger charge is -2.07. The van der Waals surface area contributed by atoms with Crippen LogP contribution in [0.25, 0.3) is 10.6 Å². The average molecular weight is 329 g/mol. The predicted molar refractivity (Wildman–Crippen MR) is 91.1 cm³/mol. The van der Waals surface area contributed by atoms with E-state index in [1.165, 1.54) is 0 Å². The Morgan fingerprint density at radius 1 is 1.39 bits per heavy atom. The van der Waals surface area contributed by atoms with E-state index in [0.717, 1.165) is 22.7 Å². The summed E-state index contributed by atoms with van der Waals surface area (Å²) < 4.78 is 0. The third kappa shape index (κ3) is 4.16. The highest BCUT2D eigenvalue weighted by atomic mass is 32.1. The molecule has 1 aliphatic carbocycles. The fraction of sp³-hybridized carbons (Fsp3) is 0.353. The summed E-state index contributed by atoms with van der Waals surface area (Å²) >= 11 is 1.56. The van der Waals surface area contributed by atoms with Gasteiger partial charge in [0.1, 0.15) is 5.01 Å². The van der Waals surface area contributed by atoms with Crippen LogP contribution in [0.1, 0.15) is 19.8 Å². The molecule has 0 saturated heterocycles. The minimum absolute atomic E-state index is 0.0658. The number of rotatable bonds is 6. The van der Waals surface area contributed by atoms with Crippen molar-refractivity contribution in [3.8, 4) is 10.6 Å². The molecule has 0 bridgehead atoms. The SMILES string of the molecule is CC1CC1C(=O)NCCC(=O)Nc1cccc(-c2nccs2)c1. The number of hydrogen-bond donors (Lipinski definition) is 2. The summed E-state index contributed by atoms with van der Waals surface area (Å²) in [5, 5.41) is 8.52. The van der Waals surface area contributed by atoms with E-state index in [1.54, 1.807) is 17.5 Å². The van der Waals surface area contributed by atoms with Crippen molar-refractivity contribution in [3.63, 3.8) is 0 Å². The number of nitrogens with one attached hydrogen (secondary N) is 2. The molecule has 1 heterocycles. The van der Waals surface area contributed by atoms with E-state index in [-0.39, 0.29) is 24.2 Å². The first-order valence-electron chi connectivity index (χ1n) is 7.71. The molecular formula is C17H19N3O2S. The second kappa shape index (κ2) is 6.91. The van der Waals surface area contributed by atoms with Crippen LogP contribution in [-0.2, 0) is 9.59 Å². The highest BCUT2D eigenvalue weighted by molar-refractivity contribution is 7.13. The van der Waals surface area contributed by atoms with Crippen molar-refractivity contribution >= 4 is 28.8 Å². The second-order valence-electron chi connectivity index (χ2n) is 5.83. The number of anilines is 1. The summed E-state index contributed by atoms with van der Waals surface area (Å²) in [5.74, 6) is 0.590. The molecule has 5 nitrogen and oxygen atoms in total. The predicted octanol–water partition coefficient (Wildman–Crippen LogP) is 2.91. The minimum atomic E-state index is -0.106. The maximum atomic E-state index is 12.0. The van der Waals surface area contributed by atoms with Gasteiger partial charge in [-0.15, -0.1) is 11.3 Å². The molecule has 0 radical (unpaired) electrons. The third-order valence-electron chi connectivity index (χ3n) is 3.92. The van der Waals surface area contributed by atoms with Crippen LogP contribution in [0, 0.1) is 11.8 Å². The smallest absolute Gasteiger partial charge is 0.226 e. The zero-order chi connectivity index (χ0) is 16.2. The largest absolute Gasteiger partial charge is 0.355 e. The molecule has 0 spiro atoms. The Balaban J connectivity index is 1.48. The van der Waals surface area contributed by atoms with Crippen LogP contribution in [-0.4, -0.2) is 23.3 Å². The number of hydrogen-bond acceptors (Lipinski definition) is 4. The average Bonchev–Trinajstić information content (AvgIpc) is 3.03. The molecular weight excluding hydrogens is 310 g/mol. The number of benzene rings is 1. The van der Waals surface area contributed by atoms with Gasteiger partial charge in [-0.2, -0.15) is 0 Å². The first kappa shape index (κ1) is 15.7. The van der Waals surface area contributed by atoms with Crippen molar-refractivity contribution in [1.29, 1.82) is 0 Å². The van der Waals surface area contributed by atoms with Crippen molar-refractivity contribution in [1.82, 2.24) is 10.3 Å². The van der Waals surface area contributed by atoms with Gasteiger partial charge in [-0.05, 0) is 24.5 Å². The molecule has 1 saturated carbocycles. The number of aromatic nitrogens is 1. The molecule has 1 aromatic carbocycles. The highest BCUT2D eigenvalue weighted by Gasteiger charge is 2.38. The lowest BCUT2D eigenvalue weighted by molar-refractivity contribution is -0.122. The normalized spacial score (nSPS) is 19.2. The van der Waals surface area contributed by atoms with Crippen molar-refractivity contribution in [2.75, 3.05) is 11.9 Å². The van der Waals surface area contributed by atoms with Crippen LogP contribution in [0.3, 0.4) is 0 Å². The zero-order valence-electron chi connectivity index (χ0n) is 12.9. The van der Waals surface area contributed by atoms with Gasteiger partial charge in [0.25, 0.3) is 0 Å². The number of thiazole rings is 1. The minimum Gasteiger partial charge on any atom is -0.355 e. The van der Waals surface area contributed by atoms with Gasteiger partial charge in [0.15, 0.2) is 0 Å². The zero-order valence-corrected chi connectivity index (χ0v) is 13.7. The van der Waals surface area contributed by atoms with E-state index in [2.05, 4.69) is 22.5 Å². The maximum absolute atomic E-state index is 12.0. The summed E-state index contributed by atoms with van der Waals surface area (Å²) in [6.07, 6.45) is 2.99. The fourth-order valence-corrected chi connectivity index (χ4v) is 3.07. The van der Waals surface area contributed by atoms with Crippen molar-refractivity contribution in [3.05, 3.63) is 35.8 Å². The van der Waals surface area contributed by atoms with E-state index < -0.39 is 0 Å². The second-order valence-corrected chi connectivity index (χ2v) is 6.72. The van der Waals surface area contributed by atoms with E-state index in [1.807, 2.05) is 29.6 Å². The molecule has 2 aromatic rings. The number of carbonyl (C=O) groups excluding carboxylic acids is 2. The van der Waals surface area contributed by atoms with E-state index in [4.69, 9.17) is 0 Å². The Bertz CT molecular complexity index is 700. The lowest BCUT2D eigenvalue weighted by atomic mass is 10.2. The van der Waals surface area contributed by atoms with Gasteiger partial charge in [0, 0.05) is 41.7 Å². The van der Waals surface area contributed by atoms with Crippen molar-refractivity contribution < 1.29 is 9.59 Å². The summed E-state index contributed by atoms with van der Waals surface area (Å²) in [6, 6.07) is 7.61. The quantitative estimate of drug-likeness (QED) is 0.856. The number of amides is 2. The summed E-state index contributed by atoms with van der Waals surface area (Å²) in [7, 11) is 0. The van der Waals surface area contributed by atoms with Gasteiger partial charge < -0.3 is 10.6 Å². The fourth-order valence-electron chi connectivity index (χ4n) is 2.44. The molecule has 1 aliphatic rings. The van der Waals surface area contributed by atoms with Crippen LogP contribution in [0.2, 0.25) is 0 Å². The Morgan fingerprint density at radius 3 is 2.91 bits per heavy atom. The first-order valence-corrected chi connectivity index (χ1v) is 8.59. The van der Waals surface area contributed by atoms with Crippen LogP contribution in [0.15, 0.2) is 35.8 Å². The molecule has 120 valence electrons. The Kier molecular flexibility index (Phi) is 4.71. The number of nitrogens with zero attached hydrogens (tertiary/aromatic N) is 1. The molecule has 2 atom stereocenters. The molecule has 2 N–H and O–H groups in total.